The van der Waals surface area contributed by atoms with Crippen LogP contribution in [-0.2, 0) is 13.0 Å². The van der Waals surface area contributed by atoms with Crippen molar-refractivity contribution >= 4 is 0 Å². The van der Waals surface area contributed by atoms with Crippen LogP contribution < -0.4 is 0 Å². The summed E-state index contributed by atoms with van der Waals surface area (Å²) in [5.74, 6) is 4.30. The maximum Gasteiger partial charge on any atom is 0.182 e. The normalized spacial score (nSPS) is 28.9. The van der Waals surface area contributed by atoms with Crippen molar-refractivity contribution < 1.29 is 0 Å². The molecule has 3 aliphatic rings. The van der Waals surface area contributed by atoms with Crippen LogP contribution in [0.15, 0.2) is 6.20 Å². The van der Waals surface area contributed by atoms with E-state index >= 15 is 0 Å². The molecular formula is C21H31N5. The zero-order valence-corrected chi connectivity index (χ0v) is 16.2. The molecule has 1 aliphatic heterocycles. The third kappa shape index (κ3) is 2.46. The van der Waals surface area contributed by atoms with Crippen molar-refractivity contribution in [2.24, 2.45) is 11.8 Å². The highest BCUT2D eigenvalue weighted by molar-refractivity contribution is 5.59. The van der Waals surface area contributed by atoms with Crippen LogP contribution in [0.25, 0.3) is 11.5 Å². The van der Waals surface area contributed by atoms with Gasteiger partial charge in [0.2, 0.25) is 0 Å². The Bertz CT molecular complexity index is 782. The first-order chi connectivity index (χ1) is 12.8. The van der Waals surface area contributed by atoms with Gasteiger partial charge in [0.25, 0.3) is 0 Å². The monoisotopic (exact) mass is 353 g/mol. The lowest BCUT2D eigenvalue weighted by atomic mass is 9.82. The highest BCUT2D eigenvalue weighted by Gasteiger charge is 2.38. The minimum absolute atomic E-state index is 0.519. The lowest BCUT2D eigenvalue weighted by Crippen LogP contribution is -2.27. The molecule has 3 unspecified atom stereocenters. The minimum Gasteiger partial charge on any atom is -0.309 e. The first kappa shape index (κ1) is 16.5. The fraction of sp³-hybridized carbons (Fsp3) is 0.762. The van der Waals surface area contributed by atoms with Crippen LogP contribution in [0.3, 0.4) is 0 Å². The maximum absolute atomic E-state index is 4.96. The Labute approximate surface area is 156 Å². The summed E-state index contributed by atoms with van der Waals surface area (Å²) >= 11 is 0. The zero-order chi connectivity index (χ0) is 17.7. The van der Waals surface area contributed by atoms with Crippen LogP contribution in [0.4, 0.5) is 0 Å². The second kappa shape index (κ2) is 6.50. The number of rotatable bonds is 3. The van der Waals surface area contributed by atoms with E-state index in [4.69, 9.17) is 5.10 Å². The van der Waals surface area contributed by atoms with E-state index in [0.717, 1.165) is 30.5 Å². The van der Waals surface area contributed by atoms with Gasteiger partial charge in [0, 0.05) is 24.4 Å². The molecule has 5 heteroatoms. The Kier molecular flexibility index (Phi) is 4.13. The molecule has 0 aromatic carbocycles. The molecule has 0 amide bonds. The minimum atomic E-state index is 0.519. The van der Waals surface area contributed by atoms with Crippen molar-refractivity contribution in [1.29, 1.82) is 0 Å². The van der Waals surface area contributed by atoms with E-state index in [0.29, 0.717) is 17.9 Å². The highest BCUT2D eigenvalue weighted by atomic mass is 15.4. The fourth-order valence-electron chi connectivity index (χ4n) is 5.81. The molecule has 2 aromatic rings. The van der Waals surface area contributed by atoms with Crippen molar-refractivity contribution in [2.75, 3.05) is 0 Å². The maximum atomic E-state index is 4.96. The van der Waals surface area contributed by atoms with Crippen molar-refractivity contribution in [3.8, 4) is 11.5 Å². The molecule has 0 N–H and O–H groups in total. The molecule has 3 heterocycles. The lowest BCUT2D eigenvalue weighted by molar-refractivity contribution is 0.241. The summed E-state index contributed by atoms with van der Waals surface area (Å²) in [5.41, 5.74) is 2.75. The lowest BCUT2D eigenvalue weighted by Gasteiger charge is -2.33. The van der Waals surface area contributed by atoms with Crippen LogP contribution in [0.1, 0.15) is 88.6 Å². The van der Waals surface area contributed by atoms with E-state index in [1.54, 1.807) is 0 Å². The Morgan fingerprint density at radius 2 is 1.81 bits per heavy atom. The molecule has 0 radical (unpaired) electrons. The molecule has 2 fully saturated rings. The largest absolute Gasteiger partial charge is 0.309 e. The molecule has 2 aromatic heterocycles. The average Bonchev–Trinajstić information content (AvgIpc) is 3.39. The summed E-state index contributed by atoms with van der Waals surface area (Å²) in [5, 5.41) is 14.1. The molecule has 26 heavy (non-hydrogen) atoms. The first-order valence-corrected chi connectivity index (χ1v) is 10.8. The van der Waals surface area contributed by atoms with Crippen LogP contribution in [0.2, 0.25) is 0 Å². The Balaban J connectivity index is 1.63. The highest BCUT2D eigenvalue weighted by Crippen LogP contribution is 2.47. The molecule has 0 bridgehead atoms. The molecule has 5 nitrogen and oxygen atoms in total. The van der Waals surface area contributed by atoms with Crippen LogP contribution >= 0.6 is 0 Å². The summed E-state index contributed by atoms with van der Waals surface area (Å²) in [7, 11) is 0. The third-order valence-electron chi connectivity index (χ3n) is 7.31. The Morgan fingerprint density at radius 3 is 2.58 bits per heavy atom. The average molecular weight is 354 g/mol. The molecule has 2 aliphatic carbocycles. The number of aryl methyl sites for hydroxylation is 1. The van der Waals surface area contributed by atoms with Gasteiger partial charge in [0.15, 0.2) is 5.82 Å². The second-order valence-corrected chi connectivity index (χ2v) is 8.78. The van der Waals surface area contributed by atoms with Gasteiger partial charge in [-0.05, 0) is 37.5 Å². The predicted molar refractivity (Wildman–Crippen MR) is 102 cm³/mol. The number of aromatic nitrogens is 5. The number of nitrogens with zero attached hydrogens (tertiary/aromatic N) is 5. The second-order valence-electron chi connectivity index (χ2n) is 8.78. The van der Waals surface area contributed by atoms with Gasteiger partial charge in [-0.2, -0.15) is 5.10 Å². The summed E-state index contributed by atoms with van der Waals surface area (Å²) in [4.78, 5) is 0. The van der Waals surface area contributed by atoms with Gasteiger partial charge in [0.1, 0.15) is 11.5 Å². The SMILES string of the molecule is CCc1nnc2n1CC(C1CCCC1)c1cnn(C3CCCCC3C)c1-2. The topological polar surface area (TPSA) is 48.5 Å². The van der Waals surface area contributed by atoms with E-state index in [-0.39, 0.29) is 0 Å². The van der Waals surface area contributed by atoms with Crippen LogP contribution in [0, 0.1) is 11.8 Å². The van der Waals surface area contributed by atoms with Crippen LogP contribution in [0.5, 0.6) is 0 Å². The van der Waals surface area contributed by atoms with Crippen molar-refractivity contribution in [2.45, 2.75) is 90.1 Å². The summed E-state index contributed by atoms with van der Waals surface area (Å²) < 4.78 is 4.76. The van der Waals surface area contributed by atoms with E-state index in [2.05, 4.69) is 39.5 Å². The van der Waals surface area contributed by atoms with Crippen molar-refractivity contribution in [3.05, 3.63) is 17.6 Å². The number of fused-ring (bicyclic) bond motifs is 3. The third-order valence-corrected chi connectivity index (χ3v) is 7.31. The van der Waals surface area contributed by atoms with Gasteiger partial charge in [-0.25, -0.2) is 0 Å². The zero-order valence-electron chi connectivity index (χ0n) is 16.2. The summed E-state index contributed by atoms with van der Waals surface area (Å²) in [6, 6.07) is 0.519. The Morgan fingerprint density at radius 1 is 1.04 bits per heavy atom. The standard InChI is InChI=1S/C21H31N5/c1-3-19-23-24-21-20-16(17(13-25(19)21)15-9-5-6-10-15)12-22-26(20)18-11-7-4-8-14(18)2/h12,14-15,17-18H,3-11,13H2,1-2H3. The van der Waals surface area contributed by atoms with Crippen molar-refractivity contribution in [3.63, 3.8) is 0 Å². The van der Waals surface area contributed by atoms with Gasteiger partial charge >= 0.3 is 0 Å². The van der Waals surface area contributed by atoms with Crippen LogP contribution in [-0.4, -0.2) is 24.5 Å². The van der Waals surface area contributed by atoms with Gasteiger partial charge in [-0.15, -0.1) is 10.2 Å². The quantitative estimate of drug-likeness (QED) is 0.800. The Hall–Kier alpha value is -1.65. The van der Waals surface area contributed by atoms with E-state index in [1.165, 1.54) is 62.6 Å². The van der Waals surface area contributed by atoms with Gasteiger partial charge in [-0.1, -0.05) is 39.5 Å². The molecule has 3 atom stereocenters. The number of hydrogen-bond donors (Lipinski definition) is 0. The molecule has 0 spiro atoms. The first-order valence-electron chi connectivity index (χ1n) is 10.8. The van der Waals surface area contributed by atoms with Gasteiger partial charge < -0.3 is 4.57 Å². The molecule has 140 valence electrons. The predicted octanol–water partition coefficient (Wildman–Crippen LogP) is 4.74. The smallest absolute Gasteiger partial charge is 0.182 e. The van der Waals surface area contributed by atoms with Gasteiger partial charge in [-0.3, -0.25) is 4.68 Å². The fourth-order valence-corrected chi connectivity index (χ4v) is 5.81. The van der Waals surface area contributed by atoms with Crippen molar-refractivity contribution in [1.82, 2.24) is 24.5 Å². The van der Waals surface area contributed by atoms with E-state index in [1.807, 2.05) is 0 Å². The molecular weight excluding hydrogens is 322 g/mol. The molecule has 0 saturated heterocycles. The van der Waals surface area contributed by atoms with Gasteiger partial charge in [0.05, 0.1) is 12.2 Å². The van der Waals surface area contributed by atoms with E-state index < -0.39 is 0 Å². The van der Waals surface area contributed by atoms with E-state index in [9.17, 15) is 0 Å². The molecule has 5 rings (SSSR count). The molecule has 2 saturated carbocycles. The summed E-state index contributed by atoms with van der Waals surface area (Å²) in [6.07, 6.45) is 13.9. The summed E-state index contributed by atoms with van der Waals surface area (Å²) in [6.45, 7) is 5.64. The number of hydrogen-bond acceptors (Lipinski definition) is 3.